The van der Waals surface area contributed by atoms with E-state index in [0.717, 1.165) is 11.1 Å². The molecule has 0 saturated heterocycles. The van der Waals surface area contributed by atoms with E-state index in [1.54, 1.807) is 18.7 Å². The summed E-state index contributed by atoms with van der Waals surface area (Å²) in [5.74, 6) is 0.642. The first-order chi connectivity index (χ1) is 8.33. The zero-order chi connectivity index (χ0) is 11.7. The Labute approximate surface area is 101 Å². The third-order valence-corrected chi connectivity index (χ3v) is 2.45. The van der Waals surface area contributed by atoms with Gasteiger partial charge in [0.25, 0.3) is 0 Å². The summed E-state index contributed by atoms with van der Waals surface area (Å²) < 4.78 is 0. The smallest absolute Gasteiger partial charge is 0.226 e. The van der Waals surface area contributed by atoms with Gasteiger partial charge >= 0.3 is 0 Å². The second-order valence-electron chi connectivity index (χ2n) is 3.40. The molecule has 0 fully saturated rings. The second-order valence-corrected chi connectivity index (χ2v) is 3.74. The van der Waals surface area contributed by atoms with Crippen LogP contribution in [0.2, 0.25) is 5.28 Å². The quantitative estimate of drug-likeness (QED) is 0.609. The third kappa shape index (κ3) is 1.92. The fourth-order valence-corrected chi connectivity index (χ4v) is 1.67. The van der Waals surface area contributed by atoms with Gasteiger partial charge in [0.1, 0.15) is 5.82 Å². The minimum absolute atomic E-state index is 0.175. The van der Waals surface area contributed by atoms with Crippen molar-refractivity contribution in [1.82, 2.24) is 30.1 Å². The fourth-order valence-electron chi connectivity index (χ4n) is 1.50. The highest BCUT2D eigenvalue weighted by molar-refractivity contribution is 6.28. The van der Waals surface area contributed by atoms with Crippen LogP contribution in [0.3, 0.4) is 0 Å². The molecule has 0 bridgehead atoms. The summed E-state index contributed by atoms with van der Waals surface area (Å²) in [6.45, 7) is 0.577. The molecule has 0 radical (unpaired) electrons. The minimum atomic E-state index is 0.175. The predicted octanol–water partition coefficient (Wildman–Crippen LogP) is 1.34. The van der Waals surface area contributed by atoms with Gasteiger partial charge in [0.05, 0.1) is 30.1 Å². The molecule has 0 saturated carbocycles. The maximum atomic E-state index is 5.81. The largest absolute Gasteiger partial charge is 0.364 e. The van der Waals surface area contributed by atoms with Gasteiger partial charge in [-0.1, -0.05) is 0 Å². The van der Waals surface area contributed by atoms with E-state index in [1.165, 1.54) is 0 Å². The highest BCUT2D eigenvalue weighted by atomic mass is 35.5. The molecule has 0 aliphatic rings. The van der Waals surface area contributed by atoms with Crippen molar-refractivity contribution >= 4 is 28.5 Å². The number of halogens is 1. The van der Waals surface area contributed by atoms with Crippen LogP contribution in [0.15, 0.2) is 18.7 Å². The van der Waals surface area contributed by atoms with Gasteiger partial charge in [0, 0.05) is 6.20 Å². The maximum absolute atomic E-state index is 5.81. The lowest BCUT2D eigenvalue weighted by molar-refractivity contribution is 1.05. The van der Waals surface area contributed by atoms with Crippen LogP contribution in [0.1, 0.15) is 5.69 Å². The SMILES string of the molecule is Clc1nc(NCc2cnc[nH]2)c2cn[nH]c2n1. The molecule has 86 valence electrons. The van der Waals surface area contributed by atoms with Crippen LogP contribution >= 0.6 is 11.6 Å². The maximum Gasteiger partial charge on any atom is 0.226 e. The van der Waals surface area contributed by atoms with Crippen LogP contribution < -0.4 is 5.32 Å². The average molecular weight is 250 g/mol. The summed E-state index contributed by atoms with van der Waals surface area (Å²) in [5, 5.41) is 10.8. The molecule has 3 aromatic rings. The molecule has 0 amide bonds. The zero-order valence-corrected chi connectivity index (χ0v) is 9.36. The fraction of sp³-hybridized carbons (Fsp3) is 0.111. The van der Waals surface area contributed by atoms with Gasteiger partial charge in [-0.3, -0.25) is 5.10 Å². The molecule has 0 aromatic carbocycles. The van der Waals surface area contributed by atoms with Crippen molar-refractivity contribution < 1.29 is 0 Å². The summed E-state index contributed by atoms with van der Waals surface area (Å²) in [5.41, 5.74) is 1.56. The first-order valence-corrected chi connectivity index (χ1v) is 5.28. The molecule has 3 rings (SSSR count). The van der Waals surface area contributed by atoms with E-state index < -0.39 is 0 Å². The number of nitrogens with one attached hydrogen (secondary N) is 3. The number of H-pyrrole nitrogens is 2. The highest BCUT2D eigenvalue weighted by Gasteiger charge is 2.08. The highest BCUT2D eigenvalue weighted by Crippen LogP contribution is 2.20. The molecule has 0 aliphatic heterocycles. The summed E-state index contributed by atoms with van der Waals surface area (Å²) in [4.78, 5) is 15.1. The first kappa shape index (κ1) is 10.0. The number of aromatic amines is 2. The van der Waals surface area contributed by atoms with Crippen molar-refractivity contribution in [3.8, 4) is 0 Å². The predicted molar refractivity (Wildman–Crippen MR) is 62.6 cm³/mol. The summed E-state index contributed by atoms with van der Waals surface area (Å²) >= 11 is 5.81. The summed E-state index contributed by atoms with van der Waals surface area (Å²) in [7, 11) is 0. The molecule has 7 nitrogen and oxygen atoms in total. The first-order valence-electron chi connectivity index (χ1n) is 4.90. The van der Waals surface area contributed by atoms with E-state index in [0.29, 0.717) is 18.0 Å². The number of nitrogens with zero attached hydrogens (tertiary/aromatic N) is 4. The van der Waals surface area contributed by atoms with Crippen molar-refractivity contribution in [2.75, 3.05) is 5.32 Å². The van der Waals surface area contributed by atoms with Crippen LogP contribution in [-0.2, 0) is 6.54 Å². The van der Waals surface area contributed by atoms with Crippen molar-refractivity contribution in [2.45, 2.75) is 6.54 Å². The van der Waals surface area contributed by atoms with Gasteiger partial charge in [0.15, 0.2) is 5.65 Å². The molecule has 0 atom stereocenters. The molecule has 0 spiro atoms. The Morgan fingerprint density at radius 2 is 2.24 bits per heavy atom. The minimum Gasteiger partial charge on any atom is -0.364 e. The van der Waals surface area contributed by atoms with E-state index >= 15 is 0 Å². The molecular weight excluding hydrogens is 242 g/mol. The Bertz CT molecular complexity index is 630. The van der Waals surface area contributed by atoms with E-state index in [9.17, 15) is 0 Å². The second kappa shape index (κ2) is 4.02. The van der Waals surface area contributed by atoms with E-state index in [1.807, 2.05) is 0 Å². The van der Waals surface area contributed by atoms with Crippen LogP contribution in [0, 0.1) is 0 Å². The lowest BCUT2D eigenvalue weighted by Gasteiger charge is -2.04. The number of hydrogen-bond acceptors (Lipinski definition) is 5. The van der Waals surface area contributed by atoms with Crippen molar-refractivity contribution in [3.05, 3.63) is 29.7 Å². The van der Waals surface area contributed by atoms with Gasteiger partial charge in [-0.05, 0) is 11.6 Å². The Morgan fingerprint density at radius 3 is 3.06 bits per heavy atom. The van der Waals surface area contributed by atoms with Crippen molar-refractivity contribution in [1.29, 1.82) is 0 Å². The summed E-state index contributed by atoms with van der Waals surface area (Å²) in [6, 6.07) is 0. The number of aromatic nitrogens is 6. The lowest BCUT2D eigenvalue weighted by atomic mass is 10.4. The van der Waals surface area contributed by atoms with Gasteiger partial charge in [0.2, 0.25) is 5.28 Å². The average Bonchev–Trinajstić information content (AvgIpc) is 2.95. The Morgan fingerprint density at radius 1 is 1.29 bits per heavy atom. The van der Waals surface area contributed by atoms with Gasteiger partial charge in [-0.2, -0.15) is 15.1 Å². The van der Waals surface area contributed by atoms with E-state index in [4.69, 9.17) is 11.6 Å². The molecule has 3 heterocycles. The van der Waals surface area contributed by atoms with E-state index in [2.05, 4.69) is 35.5 Å². The number of fused-ring (bicyclic) bond motifs is 1. The normalized spacial score (nSPS) is 10.9. The molecule has 17 heavy (non-hydrogen) atoms. The molecule has 3 aromatic heterocycles. The Hall–Kier alpha value is -2.15. The molecule has 0 unspecified atom stereocenters. The van der Waals surface area contributed by atoms with Crippen molar-refractivity contribution in [3.63, 3.8) is 0 Å². The Balaban J connectivity index is 1.91. The number of hydrogen-bond donors (Lipinski definition) is 3. The molecule has 0 aliphatic carbocycles. The number of imidazole rings is 1. The monoisotopic (exact) mass is 249 g/mol. The standard InChI is InChI=1S/C9H8ClN7/c10-9-15-7(6-3-14-17-8(6)16-9)12-2-5-1-11-4-13-5/h1,3-4H,2H2,(H,11,13)(H2,12,14,15,16,17). The van der Waals surface area contributed by atoms with Crippen LogP contribution in [0.4, 0.5) is 5.82 Å². The van der Waals surface area contributed by atoms with Crippen LogP contribution in [0.25, 0.3) is 11.0 Å². The number of rotatable bonds is 3. The molecule has 8 heteroatoms. The summed E-state index contributed by atoms with van der Waals surface area (Å²) in [6.07, 6.45) is 5.01. The van der Waals surface area contributed by atoms with Crippen LogP contribution in [-0.4, -0.2) is 30.1 Å². The van der Waals surface area contributed by atoms with Gasteiger partial charge in [-0.15, -0.1) is 0 Å². The van der Waals surface area contributed by atoms with Crippen LogP contribution in [0.5, 0.6) is 0 Å². The third-order valence-electron chi connectivity index (χ3n) is 2.28. The molecule has 3 N–H and O–H groups in total. The number of anilines is 1. The van der Waals surface area contributed by atoms with E-state index in [-0.39, 0.29) is 5.28 Å². The topological polar surface area (TPSA) is 95.2 Å². The van der Waals surface area contributed by atoms with Gasteiger partial charge in [-0.25, -0.2) is 4.98 Å². The van der Waals surface area contributed by atoms with Crippen molar-refractivity contribution in [2.24, 2.45) is 0 Å². The van der Waals surface area contributed by atoms with Gasteiger partial charge < -0.3 is 10.3 Å². The molecular formula is C9H8ClN7. The lowest BCUT2D eigenvalue weighted by Crippen LogP contribution is -2.03. The zero-order valence-electron chi connectivity index (χ0n) is 8.61. The Kier molecular flexibility index (Phi) is 2.37.